The van der Waals surface area contributed by atoms with Crippen molar-refractivity contribution >= 4 is 15.9 Å². The van der Waals surface area contributed by atoms with Crippen LogP contribution in [0.2, 0.25) is 0 Å². The zero-order valence-corrected chi connectivity index (χ0v) is 13.5. The van der Waals surface area contributed by atoms with Crippen LogP contribution in [0.3, 0.4) is 0 Å². The van der Waals surface area contributed by atoms with Gasteiger partial charge in [0.2, 0.25) is 0 Å². The van der Waals surface area contributed by atoms with Gasteiger partial charge in [0.1, 0.15) is 0 Å². The van der Waals surface area contributed by atoms with Crippen molar-refractivity contribution in [1.82, 2.24) is 0 Å². The highest BCUT2D eigenvalue weighted by Crippen LogP contribution is 2.40. The van der Waals surface area contributed by atoms with Gasteiger partial charge in [0.25, 0.3) is 0 Å². The Morgan fingerprint density at radius 2 is 2.05 bits per heavy atom. The highest BCUT2D eigenvalue weighted by Gasteiger charge is 2.28. The highest BCUT2D eigenvalue weighted by atomic mass is 79.9. The Kier molecular flexibility index (Phi) is 5.85. The second-order valence-electron chi connectivity index (χ2n) is 5.46. The molecule has 1 aromatic rings. The van der Waals surface area contributed by atoms with Crippen LogP contribution in [-0.4, -0.2) is 11.7 Å². The maximum absolute atomic E-state index is 14.5. The van der Waals surface area contributed by atoms with Crippen molar-refractivity contribution < 1.29 is 14.2 Å². The molecule has 112 valence electrons. The van der Waals surface area contributed by atoms with Gasteiger partial charge in [-0.2, -0.15) is 0 Å². The van der Waals surface area contributed by atoms with Crippen molar-refractivity contribution in [2.75, 3.05) is 6.61 Å². The molecule has 1 N–H and O–H groups in total. The van der Waals surface area contributed by atoms with Gasteiger partial charge >= 0.3 is 0 Å². The van der Waals surface area contributed by atoms with Gasteiger partial charge < -0.3 is 9.84 Å². The summed E-state index contributed by atoms with van der Waals surface area (Å²) in [6.07, 6.45) is 5.46. The lowest BCUT2D eigenvalue weighted by Crippen LogP contribution is -2.18. The van der Waals surface area contributed by atoms with Gasteiger partial charge in [0.15, 0.2) is 11.6 Å². The van der Waals surface area contributed by atoms with Crippen molar-refractivity contribution in [3.05, 3.63) is 28.0 Å². The minimum absolute atomic E-state index is 0.149. The van der Waals surface area contributed by atoms with E-state index in [0.717, 1.165) is 32.1 Å². The Bertz CT molecular complexity index is 444. The van der Waals surface area contributed by atoms with Crippen LogP contribution in [0.5, 0.6) is 5.75 Å². The first-order valence-electron chi connectivity index (χ1n) is 7.44. The molecule has 4 heteroatoms. The number of rotatable bonds is 5. The molecular weight excluding hydrogens is 323 g/mol. The maximum Gasteiger partial charge on any atom is 0.171 e. The van der Waals surface area contributed by atoms with Crippen molar-refractivity contribution in [3.8, 4) is 5.75 Å². The minimum atomic E-state index is -0.755. The predicted molar refractivity (Wildman–Crippen MR) is 81.4 cm³/mol. The average molecular weight is 345 g/mol. The molecule has 2 nitrogen and oxygen atoms in total. The first-order valence-corrected chi connectivity index (χ1v) is 8.23. The molecule has 1 fully saturated rings. The van der Waals surface area contributed by atoms with E-state index < -0.39 is 11.9 Å². The lowest BCUT2D eigenvalue weighted by Gasteiger charge is -2.28. The quantitative estimate of drug-likeness (QED) is 0.815. The summed E-state index contributed by atoms with van der Waals surface area (Å²) < 4.78 is 20.6. The molecule has 1 aliphatic carbocycles. The summed E-state index contributed by atoms with van der Waals surface area (Å²) in [6, 6.07) is 3.38. The second kappa shape index (κ2) is 7.41. The molecule has 20 heavy (non-hydrogen) atoms. The summed E-state index contributed by atoms with van der Waals surface area (Å²) >= 11 is 3.36. The molecule has 0 saturated heterocycles. The van der Waals surface area contributed by atoms with Crippen LogP contribution in [0, 0.1) is 11.7 Å². The number of aliphatic hydroxyl groups is 1. The van der Waals surface area contributed by atoms with Gasteiger partial charge in [0, 0.05) is 10.0 Å². The lowest BCUT2D eigenvalue weighted by atomic mass is 9.82. The molecule has 0 amide bonds. The molecule has 0 aromatic heterocycles. The molecule has 0 heterocycles. The first kappa shape index (κ1) is 15.8. The molecule has 1 aromatic carbocycles. The summed E-state index contributed by atoms with van der Waals surface area (Å²) in [5.74, 6) is -0.0400. The van der Waals surface area contributed by atoms with Gasteiger partial charge in [-0.3, -0.25) is 0 Å². The Hall–Kier alpha value is -0.610. The Labute approximate surface area is 128 Å². The number of ether oxygens (including phenoxy) is 1. The monoisotopic (exact) mass is 344 g/mol. The SMILES string of the molecule is CCCOc1ccc(Br)c(C(O)C2CCCCC2)c1F. The normalized spacial score (nSPS) is 18.0. The van der Waals surface area contributed by atoms with Crippen LogP contribution in [0.25, 0.3) is 0 Å². The summed E-state index contributed by atoms with van der Waals surface area (Å²) in [6.45, 7) is 2.46. The fourth-order valence-electron chi connectivity index (χ4n) is 2.83. The van der Waals surface area contributed by atoms with E-state index in [2.05, 4.69) is 15.9 Å². The van der Waals surface area contributed by atoms with Crippen LogP contribution in [0.15, 0.2) is 16.6 Å². The molecule has 1 unspecified atom stereocenters. The van der Waals surface area contributed by atoms with Gasteiger partial charge in [0.05, 0.1) is 12.7 Å². The maximum atomic E-state index is 14.5. The van der Waals surface area contributed by atoms with Crippen LogP contribution in [-0.2, 0) is 0 Å². The van der Waals surface area contributed by atoms with E-state index in [1.54, 1.807) is 12.1 Å². The van der Waals surface area contributed by atoms with E-state index >= 15 is 0 Å². The summed E-state index contributed by atoms with van der Waals surface area (Å²) in [5, 5.41) is 10.5. The van der Waals surface area contributed by atoms with Crippen molar-refractivity contribution in [2.45, 2.75) is 51.6 Å². The third kappa shape index (κ3) is 3.53. The molecule has 1 saturated carbocycles. The number of benzene rings is 1. The van der Waals surface area contributed by atoms with Crippen molar-refractivity contribution in [2.24, 2.45) is 5.92 Å². The summed E-state index contributed by atoms with van der Waals surface area (Å²) in [5.41, 5.74) is 0.352. The van der Waals surface area contributed by atoms with E-state index in [9.17, 15) is 9.50 Å². The van der Waals surface area contributed by atoms with E-state index in [1.807, 2.05) is 6.92 Å². The largest absolute Gasteiger partial charge is 0.491 e. The molecule has 0 radical (unpaired) electrons. The Balaban J connectivity index is 2.24. The van der Waals surface area contributed by atoms with E-state index in [1.165, 1.54) is 6.42 Å². The number of hydrogen-bond donors (Lipinski definition) is 1. The third-order valence-corrected chi connectivity index (χ3v) is 4.64. The molecular formula is C16H22BrFO2. The highest BCUT2D eigenvalue weighted by molar-refractivity contribution is 9.10. The number of aliphatic hydroxyl groups excluding tert-OH is 1. The number of hydrogen-bond acceptors (Lipinski definition) is 2. The van der Waals surface area contributed by atoms with E-state index in [4.69, 9.17) is 4.74 Å². The smallest absolute Gasteiger partial charge is 0.171 e. The molecule has 0 spiro atoms. The zero-order valence-electron chi connectivity index (χ0n) is 11.9. The second-order valence-corrected chi connectivity index (χ2v) is 6.32. The summed E-state index contributed by atoms with van der Waals surface area (Å²) in [4.78, 5) is 0. The topological polar surface area (TPSA) is 29.5 Å². The molecule has 0 bridgehead atoms. The van der Waals surface area contributed by atoms with Crippen molar-refractivity contribution in [3.63, 3.8) is 0 Å². The van der Waals surface area contributed by atoms with Gasteiger partial charge in [-0.25, -0.2) is 4.39 Å². The van der Waals surface area contributed by atoms with E-state index in [0.29, 0.717) is 16.6 Å². The Morgan fingerprint density at radius 3 is 2.70 bits per heavy atom. The van der Waals surface area contributed by atoms with Crippen LogP contribution in [0.1, 0.15) is 57.1 Å². The molecule has 1 aliphatic rings. The fraction of sp³-hybridized carbons (Fsp3) is 0.625. The van der Waals surface area contributed by atoms with Crippen LogP contribution in [0.4, 0.5) is 4.39 Å². The summed E-state index contributed by atoms with van der Waals surface area (Å²) in [7, 11) is 0. The molecule has 2 rings (SSSR count). The first-order chi connectivity index (χ1) is 9.65. The number of halogens is 2. The molecule has 1 atom stereocenters. The Morgan fingerprint density at radius 1 is 1.35 bits per heavy atom. The van der Waals surface area contributed by atoms with Gasteiger partial charge in [-0.15, -0.1) is 0 Å². The lowest BCUT2D eigenvalue weighted by molar-refractivity contribution is 0.0803. The standard InChI is InChI=1S/C16H22BrFO2/c1-2-10-20-13-9-8-12(17)14(15(13)18)16(19)11-6-4-3-5-7-11/h8-9,11,16,19H,2-7,10H2,1H3. The van der Waals surface area contributed by atoms with Gasteiger partial charge in [-0.05, 0) is 37.3 Å². The van der Waals surface area contributed by atoms with Gasteiger partial charge in [-0.1, -0.05) is 42.1 Å². The molecule has 0 aliphatic heterocycles. The average Bonchev–Trinajstić information content (AvgIpc) is 2.47. The minimum Gasteiger partial charge on any atom is -0.491 e. The predicted octanol–water partition coefficient (Wildman–Crippen LogP) is 4.99. The van der Waals surface area contributed by atoms with Crippen molar-refractivity contribution in [1.29, 1.82) is 0 Å². The third-order valence-electron chi connectivity index (χ3n) is 3.94. The zero-order chi connectivity index (χ0) is 14.5. The van der Waals surface area contributed by atoms with Crippen LogP contribution >= 0.6 is 15.9 Å². The van der Waals surface area contributed by atoms with Crippen LogP contribution < -0.4 is 4.74 Å². The fourth-order valence-corrected chi connectivity index (χ4v) is 3.37. The van der Waals surface area contributed by atoms with E-state index in [-0.39, 0.29) is 11.7 Å².